The number of rotatable bonds is 13. The lowest BCUT2D eigenvalue weighted by molar-refractivity contribution is -0.142. The van der Waals surface area contributed by atoms with Crippen molar-refractivity contribution >= 4 is 23.7 Å². The van der Waals surface area contributed by atoms with Crippen molar-refractivity contribution < 1.29 is 24.3 Å². The van der Waals surface area contributed by atoms with Crippen LogP contribution in [0.5, 0.6) is 0 Å². The quantitative estimate of drug-likeness (QED) is 0.227. The first kappa shape index (κ1) is 29.1. The number of hydrogen-bond donors (Lipinski definition) is 5. The number of hydrogen-bond acceptors (Lipinski definition) is 5. The van der Waals surface area contributed by atoms with E-state index in [1.807, 2.05) is 66.7 Å². The van der Waals surface area contributed by atoms with Crippen LogP contribution in [0.4, 0.5) is 0 Å². The van der Waals surface area contributed by atoms with Crippen molar-refractivity contribution in [3.8, 4) is 0 Å². The maximum atomic E-state index is 13.5. The van der Waals surface area contributed by atoms with Crippen LogP contribution >= 0.6 is 0 Å². The molecule has 9 nitrogen and oxygen atoms in total. The lowest BCUT2D eigenvalue weighted by Gasteiger charge is -2.25. The number of carbonyl (C=O) groups is 4. The Kier molecular flexibility index (Phi) is 10.8. The third-order valence-corrected chi connectivity index (χ3v) is 6.14. The van der Waals surface area contributed by atoms with E-state index in [9.17, 15) is 24.3 Å². The first-order valence-electron chi connectivity index (χ1n) is 12.7. The molecule has 0 aliphatic heterocycles. The maximum Gasteiger partial charge on any atom is 0.326 e. The summed E-state index contributed by atoms with van der Waals surface area (Å²) < 4.78 is 0. The normalized spacial score (nSPS) is 13.8. The summed E-state index contributed by atoms with van der Waals surface area (Å²) in [5.41, 5.74) is 8.03. The van der Waals surface area contributed by atoms with Gasteiger partial charge in [0.15, 0.2) is 0 Å². The third-order valence-electron chi connectivity index (χ3n) is 6.14. The highest BCUT2D eigenvalue weighted by Gasteiger charge is 2.30. The molecule has 0 aromatic heterocycles. The van der Waals surface area contributed by atoms with Crippen molar-refractivity contribution in [2.45, 2.75) is 50.4 Å². The summed E-state index contributed by atoms with van der Waals surface area (Å²) in [5.74, 6) is -2.93. The molecule has 0 saturated heterocycles. The molecule has 0 fully saturated rings. The average Bonchev–Trinajstić information content (AvgIpc) is 2.93. The number of benzene rings is 3. The first-order valence-corrected chi connectivity index (χ1v) is 12.7. The van der Waals surface area contributed by atoms with E-state index >= 15 is 0 Å². The Balaban J connectivity index is 1.82. The van der Waals surface area contributed by atoms with Gasteiger partial charge >= 0.3 is 5.97 Å². The van der Waals surface area contributed by atoms with Gasteiger partial charge in [-0.05, 0) is 23.6 Å². The molecule has 9 heteroatoms. The second kappa shape index (κ2) is 14.4. The number of nitrogens with one attached hydrogen (secondary N) is 3. The predicted octanol–water partition coefficient (Wildman–Crippen LogP) is 1.60. The highest BCUT2D eigenvalue weighted by molar-refractivity contribution is 5.94. The van der Waals surface area contributed by atoms with Crippen LogP contribution in [0.1, 0.15) is 23.6 Å². The molecule has 0 aliphatic carbocycles. The molecule has 0 bridgehead atoms. The first-order chi connectivity index (χ1) is 18.7. The summed E-state index contributed by atoms with van der Waals surface area (Å²) in [7, 11) is 0. The van der Waals surface area contributed by atoms with Gasteiger partial charge < -0.3 is 26.8 Å². The summed E-state index contributed by atoms with van der Waals surface area (Å²) in [5, 5.41) is 17.8. The van der Waals surface area contributed by atoms with Crippen molar-refractivity contribution in [3.63, 3.8) is 0 Å². The van der Waals surface area contributed by atoms with Gasteiger partial charge in [0.1, 0.15) is 18.1 Å². The fourth-order valence-electron chi connectivity index (χ4n) is 4.02. The molecule has 4 unspecified atom stereocenters. The summed E-state index contributed by atoms with van der Waals surface area (Å²) in [6.45, 7) is 1.51. The molecule has 0 saturated carbocycles. The van der Waals surface area contributed by atoms with Crippen molar-refractivity contribution in [2.75, 3.05) is 0 Å². The van der Waals surface area contributed by atoms with Crippen LogP contribution in [-0.2, 0) is 38.4 Å². The van der Waals surface area contributed by atoms with Crippen LogP contribution < -0.4 is 21.7 Å². The topological polar surface area (TPSA) is 151 Å². The monoisotopic (exact) mass is 530 g/mol. The lowest BCUT2D eigenvalue weighted by Crippen LogP contribution is -2.58. The summed E-state index contributed by atoms with van der Waals surface area (Å²) in [6, 6.07) is 23.0. The highest BCUT2D eigenvalue weighted by atomic mass is 16.4. The van der Waals surface area contributed by atoms with E-state index in [0.29, 0.717) is 0 Å². The standard InChI is InChI=1S/C30H34N4O5/c1-20(31)27(35)32-24(17-21-11-5-2-6-12-21)28(36)33-25(18-22-13-7-3-8-14-22)29(37)34-26(30(38)39)19-23-15-9-4-10-16-23/h2-16,20,24-26H,17-19,31H2,1H3,(H,32,35)(H,33,36)(H,34,37)(H,38,39). The van der Waals surface area contributed by atoms with Crippen molar-refractivity contribution in [1.29, 1.82) is 0 Å². The minimum atomic E-state index is -1.20. The molecule has 4 atom stereocenters. The number of carboxylic acids is 1. The van der Waals surface area contributed by atoms with Crippen molar-refractivity contribution in [3.05, 3.63) is 108 Å². The van der Waals surface area contributed by atoms with Crippen molar-refractivity contribution in [1.82, 2.24) is 16.0 Å². The molecular weight excluding hydrogens is 496 g/mol. The lowest BCUT2D eigenvalue weighted by atomic mass is 10.0. The second-order valence-corrected chi connectivity index (χ2v) is 9.38. The van der Waals surface area contributed by atoms with Gasteiger partial charge in [0.2, 0.25) is 17.7 Å². The molecule has 3 rings (SSSR count). The molecular formula is C30H34N4O5. The van der Waals surface area contributed by atoms with Gasteiger partial charge in [0.25, 0.3) is 0 Å². The van der Waals surface area contributed by atoms with Crippen LogP contribution in [-0.4, -0.2) is 53.0 Å². The van der Waals surface area contributed by atoms with Gasteiger partial charge in [0.05, 0.1) is 6.04 Å². The molecule has 0 spiro atoms. The van der Waals surface area contributed by atoms with Crippen LogP contribution in [0.15, 0.2) is 91.0 Å². The van der Waals surface area contributed by atoms with Gasteiger partial charge in [-0.1, -0.05) is 91.0 Å². The Labute approximate surface area is 227 Å². The number of aliphatic carboxylic acids is 1. The van der Waals surface area contributed by atoms with Gasteiger partial charge in [0, 0.05) is 19.3 Å². The zero-order valence-electron chi connectivity index (χ0n) is 21.7. The van der Waals surface area contributed by atoms with Gasteiger partial charge in [-0.15, -0.1) is 0 Å². The smallest absolute Gasteiger partial charge is 0.326 e. The average molecular weight is 531 g/mol. The van der Waals surface area contributed by atoms with Crippen LogP contribution in [0.3, 0.4) is 0 Å². The van der Waals surface area contributed by atoms with Gasteiger partial charge in [-0.3, -0.25) is 14.4 Å². The highest BCUT2D eigenvalue weighted by Crippen LogP contribution is 2.09. The zero-order valence-corrected chi connectivity index (χ0v) is 21.7. The Morgan fingerprint density at radius 1 is 0.590 bits per heavy atom. The van der Waals surface area contributed by atoms with E-state index in [1.165, 1.54) is 6.92 Å². The van der Waals surface area contributed by atoms with E-state index < -0.39 is 47.9 Å². The molecule has 39 heavy (non-hydrogen) atoms. The summed E-state index contributed by atoms with van der Waals surface area (Å²) in [4.78, 5) is 51.2. The largest absolute Gasteiger partial charge is 0.480 e. The van der Waals surface area contributed by atoms with Crippen LogP contribution in [0.2, 0.25) is 0 Å². The van der Waals surface area contributed by atoms with E-state index in [-0.39, 0.29) is 19.3 Å². The SMILES string of the molecule is CC(N)C(=O)NC(Cc1ccccc1)C(=O)NC(Cc1ccccc1)C(=O)NC(Cc1ccccc1)C(=O)O. The number of amides is 3. The Hall–Kier alpha value is -4.50. The molecule has 3 aromatic rings. The number of carbonyl (C=O) groups excluding carboxylic acids is 3. The molecule has 6 N–H and O–H groups in total. The Bertz CT molecular complexity index is 1240. The maximum absolute atomic E-state index is 13.5. The van der Waals surface area contributed by atoms with E-state index in [0.717, 1.165) is 16.7 Å². The number of carboxylic acid groups (broad SMARTS) is 1. The van der Waals surface area contributed by atoms with E-state index in [2.05, 4.69) is 16.0 Å². The molecule has 0 radical (unpaired) electrons. The fraction of sp³-hybridized carbons (Fsp3) is 0.267. The molecule has 0 heterocycles. The molecule has 3 aromatic carbocycles. The van der Waals surface area contributed by atoms with Crippen molar-refractivity contribution in [2.24, 2.45) is 5.73 Å². The molecule has 204 valence electrons. The second-order valence-electron chi connectivity index (χ2n) is 9.38. The summed E-state index contributed by atoms with van der Waals surface area (Å²) >= 11 is 0. The Morgan fingerprint density at radius 3 is 1.23 bits per heavy atom. The predicted molar refractivity (Wildman–Crippen MR) is 148 cm³/mol. The number of nitrogens with two attached hydrogens (primary N) is 1. The fourth-order valence-corrected chi connectivity index (χ4v) is 4.02. The minimum Gasteiger partial charge on any atom is -0.480 e. The van der Waals surface area contributed by atoms with Crippen LogP contribution in [0, 0.1) is 0 Å². The van der Waals surface area contributed by atoms with Gasteiger partial charge in [-0.2, -0.15) is 0 Å². The van der Waals surface area contributed by atoms with E-state index in [1.54, 1.807) is 24.3 Å². The third kappa shape index (κ3) is 9.39. The minimum absolute atomic E-state index is 0.0784. The Morgan fingerprint density at radius 2 is 0.897 bits per heavy atom. The van der Waals surface area contributed by atoms with E-state index in [4.69, 9.17) is 5.73 Å². The van der Waals surface area contributed by atoms with Gasteiger partial charge in [-0.25, -0.2) is 4.79 Å². The molecule has 3 amide bonds. The zero-order chi connectivity index (χ0) is 28.2. The van der Waals surface area contributed by atoms with Crippen LogP contribution in [0.25, 0.3) is 0 Å². The summed E-state index contributed by atoms with van der Waals surface area (Å²) in [6.07, 6.45) is 0.376. The molecule has 0 aliphatic rings.